The van der Waals surface area contributed by atoms with Crippen LogP contribution in [0.1, 0.15) is 27.3 Å². The number of carbonyl (C=O) groups excluding carboxylic acids is 1. The molecule has 0 aliphatic rings. The van der Waals surface area contributed by atoms with Crippen LogP contribution in [0.3, 0.4) is 0 Å². The topological polar surface area (TPSA) is 77.6 Å². The van der Waals surface area contributed by atoms with E-state index in [4.69, 9.17) is 0 Å². The Morgan fingerprint density at radius 1 is 1.18 bits per heavy atom. The fraction of sp³-hybridized carbons (Fsp3) is 0.200. The molecule has 0 radical (unpaired) electrons. The molecule has 1 amide bonds. The van der Waals surface area contributed by atoms with E-state index < -0.39 is 0 Å². The molecule has 28 heavy (non-hydrogen) atoms. The minimum atomic E-state index is -0.290. The molecule has 142 valence electrons. The van der Waals surface area contributed by atoms with Gasteiger partial charge in [0.25, 0.3) is 5.91 Å². The summed E-state index contributed by atoms with van der Waals surface area (Å²) in [5.41, 5.74) is 3.44. The van der Waals surface area contributed by atoms with Gasteiger partial charge in [-0.05, 0) is 37.6 Å². The molecule has 7 nitrogen and oxygen atoms in total. The Hall–Kier alpha value is -3.55. The number of halogens is 1. The number of amides is 1. The second kappa shape index (κ2) is 6.88. The number of anilines is 1. The third-order valence-corrected chi connectivity index (χ3v) is 4.46. The van der Waals surface area contributed by atoms with Crippen LogP contribution in [-0.2, 0) is 13.6 Å². The minimum Gasteiger partial charge on any atom is -0.305 e. The highest BCUT2D eigenvalue weighted by Crippen LogP contribution is 2.22. The number of carbonyl (C=O) groups is 1. The van der Waals surface area contributed by atoms with Gasteiger partial charge in [-0.2, -0.15) is 10.2 Å². The molecule has 0 aliphatic carbocycles. The lowest BCUT2D eigenvalue weighted by Crippen LogP contribution is -2.14. The third kappa shape index (κ3) is 3.36. The highest BCUT2D eigenvalue weighted by Gasteiger charge is 2.18. The third-order valence-electron chi connectivity index (χ3n) is 4.46. The molecular weight excluding hydrogens is 359 g/mol. The lowest BCUT2D eigenvalue weighted by atomic mass is 10.1. The number of nitrogens with one attached hydrogen (secondary N) is 1. The fourth-order valence-corrected chi connectivity index (χ4v) is 3.27. The molecule has 0 saturated heterocycles. The van der Waals surface area contributed by atoms with Crippen molar-refractivity contribution in [1.29, 1.82) is 0 Å². The number of hydrogen-bond donors (Lipinski definition) is 1. The number of pyridine rings is 1. The van der Waals surface area contributed by atoms with Crippen LogP contribution < -0.4 is 5.32 Å². The summed E-state index contributed by atoms with van der Waals surface area (Å²) in [4.78, 5) is 17.4. The molecule has 0 bridgehead atoms. The lowest BCUT2D eigenvalue weighted by Gasteiger charge is -2.06. The van der Waals surface area contributed by atoms with Crippen LogP contribution in [-0.4, -0.2) is 30.5 Å². The Labute approximate surface area is 160 Å². The van der Waals surface area contributed by atoms with E-state index in [0.717, 1.165) is 22.3 Å². The van der Waals surface area contributed by atoms with E-state index in [0.29, 0.717) is 23.6 Å². The maximum absolute atomic E-state index is 13.3. The first-order valence-corrected chi connectivity index (χ1v) is 8.81. The van der Waals surface area contributed by atoms with Crippen LogP contribution in [0, 0.1) is 19.7 Å². The predicted molar refractivity (Wildman–Crippen MR) is 104 cm³/mol. The second-order valence-corrected chi connectivity index (χ2v) is 6.70. The molecule has 0 saturated carbocycles. The van der Waals surface area contributed by atoms with Gasteiger partial charge in [-0.15, -0.1) is 0 Å². The molecule has 0 unspecified atom stereocenters. The molecule has 0 atom stereocenters. The summed E-state index contributed by atoms with van der Waals surface area (Å²) in [6, 6.07) is 9.79. The van der Waals surface area contributed by atoms with Gasteiger partial charge >= 0.3 is 0 Å². The van der Waals surface area contributed by atoms with E-state index in [-0.39, 0.29) is 11.7 Å². The van der Waals surface area contributed by atoms with Gasteiger partial charge in [0.15, 0.2) is 11.5 Å². The molecular formula is C20H19FN6O. The summed E-state index contributed by atoms with van der Waals surface area (Å²) in [6.07, 6.45) is 1.74. The molecule has 8 heteroatoms. The van der Waals surface area contributed by atoms with Gasteiger partial charge in [0.1, 0.15) is 5.82 Å². The SMILES string of the molecule is Cc1cc(C(=O)Nc2ccn(Cc3cccc(F)c3)n2)c2c(C)nn(C)c2n1. The number of rotatable bonds is 4. The van der Waals surface area contributed by atoms with Crippen molar-refractivity contribution in [3.8, 4) is 0 Å². The zero-order valence-corrected chi connectivity index (χ0v) is 15.8. The van der Waals surface area contributed by atoms with Crippen molar-refractivity contribution >= 4 is 22.8 Å². The van der Waals surface area contributed by atoms with Crippen molar-refractivity contribution in [3.05, 3.63) is 70.9 Å². The molecule has 4 aromatic rings. The van der Waals surface area contributed by atoms with Crippen LogP contribution >= 0.6 is 0 Å². The summed E-state index contributed by atoms with van der Waals surface area (Å²) in [7, 11) is 1.80. The number of nitrogens with zero attached hydrogens (tertiary/aromatic N) is 5. The molecule has 1 N–H and O–H groups in total. The van der Waals surface area contributed by atoms with Crippen molar-refractivity contribution < 1.29 is 9.18 Å². The van der Waals surface area contributed by atoms with E-state index in [2.05, 4.69) is 20.5 Å². The Balaban J connectivity index is 1.58. The van der Waals surface area contributed by atoms with Crippen LogP contribution in [0.25, 0.3) is 11.0 Å². The largest absolute Gasteiger partial charge is 0.305 e. The molecule has 0 spiro atoms. The van der Waals surface area contributed by atoms with Gasteiger partial charge in [0.05, 0.1) is 23.2 Å². The number of aromatic nitrogens is 5. The first-order chi connectivity index (χ1) is 13.4. The van der Waals surface area contributed by atoms with Crippen molar-refractivity contribution in [1.82, 2.24) is 24.5 Å². The van der Waals surface area contributed by atoms with Crippen molar-refractivity contribution in [3.63, 3.8) is 0 Å². The van der Waals surface area contributed by atoms with Gasteiger partial charge in [0.2, 0.25) is 0 Å². The Kier molecular flexibility index (Phi) is 4.38. The van der Waals surface area contributed by atoms with Gasteiger partial charge in [-0.1, -0.05) is 12.1 Å². The number of fused-ring (bicyclic) bond motifs is 1. The van der Waals surface area contributed by atoms with Crippen LogP contribution in [0.4, 0.5) is 10.2 Å². The van der Waals surface area contributed by atoms with Crippen LogP contribution in [0.2, 0.25) is 0 Å². The predicted octanol–water partition coefficient (Wildman–Crippen LogP) is 3.22. The Bertz CT molecular complexity index is 1190. The second-order valence-electron chi connectivity index (χ2n) is 6.70. The van der Waals surface area contributed by atoms with Gasteiger partial charge in [0, 0.05) is 25.0 Å². The Morgan fingerprint density at radius 3 is 2.79 bits per heavy atom. The zero-order valence-electron chi connectivity index (χ0n) is 15.8. The summed E-state index contributed by atoms with van der Waals surface area (Å²) in [6.45, 7) is 4.10. The first kappa shape index (κ1) is 17.8. The highest BCUT2D eigenvalue weighted by atomic mass is 19.1. The molecule has 3 aromatic heterocycles. The monoisotopic (exact) mass is 378 g/mol. The molecule has 0 aliphatic heterocycles. The summed E-state index contributed by atoms with van der Waals surface area (Å²) >= 11 is 0. The average molecular weight is 378 g/mol. The summed E-state index contributed by atoms with van der Waals surface area (Å²) < 4.78 is 16.6. The number of hydrogen-bond acceptors (Lipinski definition) is 4. The van der Waals surface area contributed by atoms with Crippen molar-refractivity contribution in [2.45, 2.75) is 20.4 Å². The van der Waals surface area contributed by atoms with Crippen molar-refractivity contribution in [2.24, 2.45) is 7.05 Å². The summed E-state index contributed by atoms with van der Waals surface area (Å²) in [5.74, 6) is -0.143. The molecule has 1 aromatic carbocycles. The first-order valence-electron chi connectivity index (χ1n) is 8.81. The van der Waals surface area contributed by atoms with E-state index in [9.17, 15) is 9.18 Å². The van der Waals surface area contributed by atoms with E-state index >= 15 is 0 Å². The normalized spacial score (nSPS) is 11.1. The molecule has 0 fully saturated rings. The van der Waals surface area contributed by atoms with Crippen LogP contribution in [0.5, 0.6) is 0 Å². The fourth-order valence-electron chi connectivity index (χ4n) is 3.27. The maximum atomic E-state index is 13.3. The molecule has 3 heterocycles. The highest BCUT2D eigenvalue weighted by molar-refractivity contribution is 6.12. The smallest absolute Gasteiger partial charge is 0.257 e. The van der Waals surface area contributed by atoms with Crippen LogP contribution in [0.15, 0.2) is 42.6 Å². The van der Waals surface area contributed by atoms with Gasteiger partial charge in [-0.3, -0.25) is 14.2 Å². The number of benzene rings is 1. The van der Waals surface area contributed by atoms with Crippen molar-refractivity contribution in [2.75, 3.05) is 5.32 Å². The van der Waals surface area contributed by atoms with E-state index in [1.165, 1.54) is 12.1 Å². The Morgan fingerprint density at radius 2 is 2.00 bits per heavy atom. The maximum Gasteiger partial charge on any atom is 0.257 e. The standard InChI is InChI=1S/C20H19FN6O/c1-12-9-16(18-13(2)24-26(3)19(18)22-12)20(28)23-17-7-8-27(25-17)11-14-5-4-6-15(21)10-14/h4-10H,11H2,1-3H3,(H,23,25,28). The minimum absolute atomic E-state index is 0.275. The quantitative estimate of drug-likeness (QED) is 0.591. The molecule has 4 rings (SSSR count). The number of aryl methyl sites for hydroxylation is 3. The lowest BCUT2D eigenvalue weighted by molar-refractivity contribution is 0.102. The van der Waals surface area contributed by atoms with Gasteiger partial charge in [-0.25, -0.2) is 9.37 Å². The summed E-state index contributed by atoms with van der Waals surface area (Å²) in [5, 5.41) is 12.3. The zero-order chi connectivity index (χ0) is 19.8. The van der Waals surface area contributed by atoms with E-state index in [1.807, 2.05) is 19.9 Å². The average Bonchev–Trinajstić information content (AvgIpc) is 3.18. The van der Waals surface area contributed by atoms with E-state index in [1.54, 1.807) is 40.8 Å². The van der Waals surface area contributed by atoms with Gasteiger partial charge < -0.3 is 5.32 Å².